The molecule has 0 fully saturated rings. The highest BCUT2D eigenvalue weighted by atomic mass is 16.5. The van der Waals surface area contributed by atoms with Crippen molar-refractivity contribution in [2.75, 3.05) is 7.11 Å². The number of ether oxygens (including phenoxy) is 2. The van der Waals surface area contributed by atoms with Crippen LogP contribution in [0, 0.1) is 0 Å². The van der Waals surface area contributed by atoms with E-state index < -0.39 is 5.60 Å². The fraction of sp³-hybridized carbons (Fsp3) is 0.269. The van der Waals surface area contributed by atoms with Crippen molar-refractivity contribution in [3.05, 3.63) is 76.9 Å². The molecular formula is C26H28O4. The third-order valence-corrected chi connectivity index (χ3v) is 5.09. The number of carbonyl (C=O) groups excluding carboxylic acids is 1. The number of rotatable bonds is 7. The Morgan fingerprint density at radius 3 is 2.63 bits per heavy atom. The number of carbonyl (C=O) groups is 1. The minimum atomic E-state index is -0.587. The van der Waals surface area contributed by atoms with E-state index in [-0.39, 0.29) is 17.1 Å². The fourth-order valence-electron chi connectivity index (χ4n) is 3.44. The van der Waals surface area contributed by atoms with Crippen LogP contribution in [-0.2, 0) is 0 Å². The van der Waals surface area contributed by atoms with E-state index in [0.717, 1.165) is 18.4 Å². The van der Waals surface area contributed by atoms with Crippen LogP contribution < -0.4 is 9.47 Å². The second-order valence-electron chi connectivity index (χ2n) is 7.89. The number of allylic oxidation sites excluding steroid dienone is 3. The molecule has 30 heavy (non-hydrogen) atoms. The first kappa shape index (κ1) is 21.4. The topological polar surface area (TPSA) is 55.8 Å². The van der Waals surface area contributed by atoms with Crippen LogP contribution >= 0.6 is 0 Å². The summed E-state index contributed by atoms with van der Waals surface area (Å²) in [5, 5.41) is 10.6. The minimum Gasteiger partial charge on any atom is -0.507 e. The summed E-state index contributed by atoms with van der Waals surface area (Å²) < 4.78 is 11.7. The molecule has 2 aromatic rings. The van der Waals surface area contributed by atoms with Crippen LogP contribution in [0.15, 0.2) is 60.2 Å². The molecule has 1 aliphatic heterocycles. The molecule has 0 saturated carbocycles. The Hall–Kier alpha value is -3.27. The summed E-state index contributed by atoms with van der Waals surface area (Å²) in [6.45, 7) is 6.11. The molecule has 1 aliphatic rings. The first-order valence-electron chi connectivity index (χ1n) is 10.1. The molecule has 4 nitrogen and oxygen atoms in total. The molecule has 1 atom stereocenters. The highest BCUT2D eigenvalue weighted by Crippen LogP contribution is 2.45. The summed E-state index contributed by atoms with van der Waals surface area (Å²) >= 11 is 0. The Morgan fingerprint density at radius 1 is 1.23 bits per heavy atom. The van der Waals surface area contributed by atoms with Crippen LogP contribution in [0.25, 0.3) is 12.2 Å². The van der Waals surface area contributed by atoms with Crippen LogP contribution in [0.3, 0.4) is 0 Å². The zero-order valence-electron chi connectivity index (χ0n) is 17.9. The van der Waals surface area contributed by atoms with Crippen LogP contribution in [0.4, 0.5) is 0 Å². The molecule has 4 heteroatoms. The summed E-state index contributed by atoms with van der Waals surface area (Å²) in [4.78, 5) is 13.0. The van der Waals surface area contributed by atoms with Crippen molar-refractivity contribution in [2.45, 2.75) is 39.2 Å². The molecule has 0 spiro atoms. The van der Waals surface area contributed by atoms with Crippen LogP contribution in [-0.4, -0.2) is 23.6 Å². The number of phenols is 1. The maximum atomic E-state index is 13.0. The average Bonchev–Trinajstić information content (AvgIpc) is 2.71. The molecule has 1 N–H and O–H groups in total. The fourth-order valence-corrected chi connectivity index (χ4v) is 3.44. The molecule has 0 radical (unpaired) electrons. The zero-order valence-corrected chi connectivity index (χ0v) is 17.9. The summed E-state index contributed by atoms with van der Waals surface area (Å²) in [5.74, 6) is 0.345. The largest absolute Gasteiger partial charge is 0.507 e. The smallest absolute Gasteiger partial charge is 0.193 e. The van der Waals surface area contributed by atoms with E-state index >= 15 is 0 Å². The highest BCUT2D eigenvalue weighted by molar-refractivity contribution is 6.11. The van der Waals surface area contributed by atoms with E-state index in [0.29, 0.717) is 17.1 Å². The summed E-state index contributed by atoms with van der Waals surface area (Å²) in [6, 6.07) is 11.0. The summed E-state index contributed by atoms with van der Waals surface area (Å²) in [5.41, 5.74) is 2.37. The number of benzene rings is 2. The number of phenolic OH excluding ortho intramolecular Hbond substituents is 1. The Morgan fingerprint density at radius 2 is 1.97 bits per heavy atom. The molecule has 0 amide bonds. The summed E-state index contributed by atoms with van der Waals surface area (Å²) in [7, 11) is 1.53. The molecule has 156 valence electrons. The molecular weight excluding hydrogens is 376 g/mol. The van der Waals surface area contributed by atoms with Crippen molar-refractivity contribution >= 4 is 17.9 Å². The van der Waals surface area contributed by atoms with Gasteiger partial charge in [0.25, 0.3) is 0 Å². The molecule has 1 heterocycles. The van der Waals surface area contributed by atoms with Gasteiger partial charge in [0, 0.05) is 6.07 Å². The highest BCUT2D eigenvalue weighted by Gasteiger charge is 2.33. The van der Waals surface area contributed by atoms with Crippen molar-refractivity contribution in [3.8, 4) is 17.2 Å². The van der Waals surface area contributed by atoms with Gasteiger partial charge in [-0.05, 0) is 57.4 Å². The van der Waals surface area contributed by atoms with E-state index in [1.165, 1.54) is 24.8 Å². The second kappa shape index (κ2) is 9.04. The molecule has 2 aromatic carbocycles. The number of methoxy groups -OCH3 is 1. The van der Waals surface area contributed by atoms with Gasteiger partial charge in [0.2, 0.25) is 0 Å². The Bertz CT molecular complexity index is 1010. The SMILES string of the molecule is COc1cc(O)c(C(=O)/C=C/c2ccccc2)c2c1C=CC(C)(CCC=C(C)C)O2. The molecule has 0 bridgehead atoms. The third kappa shape index (κ3) is 4.82. The van der Waals surface area contributed by atoms with E-state index in [1.54, 1.807) is 6.08 Å². The van der Waals surface area contributed by atoms with Gasteiger partial charge in [-0.2, -0.15) is 0 Å². The van der Waals surface area contributed by atoms with Crippen molar-refractivity contribution < 1.29 is 19.4 Å². The maximum Gasteiger partial charge on any atom is 0.193 e. The van der Waals surface area contributed by atoms with Crippen LogP contribution in [0.5, 0.6) is 17.2 Å². The lowest BCUT2D eigenvalue weighted by atomic mass is 9.92. The van der Waals surface area contributed by atoms with Crippen LogP contribution in [0.2, 0.25) is 0 Å². The number of fused-ring (bicyclic) bond motifs is 1. The first-order chi connectivity index (χ1) is 14.3. The van der Waals surface area contributed by atoms with Crippen molar-refractivity contribution in [1.82, 2.24) is 0 Å². The normalized spacial score (nSPS) is 17.3. The first-order valence-corrected chi connectivity index (χ1v) is 10.1. The molecule has 0 saturated heterocycles. The van der Waals surface area contributed by atoms with Gasteiger partial charge in [-0.3, -0.25) is 4.79 Å². The Labute approximate surface area is 178 Å². The lowest BCUT2D eigenvalue weighted by Crippen LogP contribution is -2.32. The molecule has 1 unspecified atom stereocenters. The van der Waals surface area contributed by atoms with E-state index in [2.05, 4.69) is 19.9 Å². The molecule has 3 rings (SSSR count). The van der Waals surface area contributed by atoms with Crippen molar-refractivity contribution in [3.63, 3.8) is 0 Å². The van der Waals surface area contributed by atoms with Gasteiger partial charge in [0.05, 0.1) is 12.7 Å². The molecule has 0 aliphatic carbocycles. The Balaban J connectivity index is 1.98. The quantitative estimate of drug-likeness (QED) is 0.339. The monoisotopic (exact) mass is 404 g/mol. The third-order valence-electron chi connectivity index (χ3n) is 5.09. The van der Waals surface area contributed by atoms with Crippen LogP contribution in [0.1, 0.15) is 55.1 Å². The van der Waals surface area contributed by atoms with Gasteiger partial charge >= 0.3 is 0 Å². The lowest BCUT2D eigenvalue weighted by molar-refractivity contribution is 0.101. The maximum absolute atomic E-state index is 13.0. The van der Waals surface area contributed by atoms with E-state index in [4.69, 9.17) is 9.47 Å². The number of hydrogen-bond donors (Lipinski definition) is 1. The van der Waals surface area contributed by atoms with E-state index in [9.17, 15) is 9.90 Å². The number of aromatic hydroxyl groups is 1. The van der Waals surface area contributed by atoms with Gasteiger partial charge in [-0.15, -0.1) is 0 Å². The van der Waals surface area contributed by atoms with Crippen molar-refractivity contribution in [2.24, 2.45) is 0 Å². The number of ketones is 1. The minimum absolute atomic E-state index is 0.149. The standard InChI is InChI=1S/C26H28O4/c1-18(2)9-8-15-26(3)16-14-20-23(29-4)17-22(28)24(25(20)30-26)21(27)13-12-19-10-6-5-7-11-19/h5-7,9-14,16-17,28H,8,15H2,1-4H3/b13-12+. The van der Waals surface area contributed by atoms with Gasteiger partial charge in [-0.1, -0.05) is 48.1 Å². The lowest BCUT2D eigenvalue weighted by Gasteiger charge is -2.33. The van der Waals surface area contributed by atoms with Gasteiger partial charge in [0.15, 0.2) is 5.78 Å². The van der Waals surface area contributed by atoms with Crippen molar-refractivity contribution in [1.29, 1.82) is 0 Å². The summed E-state index contributed by atoms with van der Waals surface area (Å²) in [6.07, 6.45) is 10.9. The number of hydrogen-bond acceptors (Lipinski definition) is 4. The van der Waals surface area contributed by atoms with Gasteiger partial charge in [-0.25, -0.2) is 0 Å². The van der Waals surface area contributed by atoms with Gasteiger partial charge < -0.3 is 14.6 Å². The predicted octanol–water partition coefficient (Wildman–Crippen LogP) is 6.21. The molecule has 0 aromatic heterocycles. The second-order valence-corrected chi connectivity index (χ2v) is 7.89. The Kier molecular flexibility index (Phi) is 6.46. The predicted molar refractivity (Wildman–Crippen MR) is 121 cm³/mol. The van der Waals surface area contributed by atoms with Gasteiger partial charge in [0.1, 0.15) is 28.4 Å². The average molecular weight is 405 g/mol. The zero-order chi connectivity index (χ0) is 21.7. The van der Waals surface area contributed by atoms with E-state index in [1.807, 2.05) is 49.4 Å².